The van der Waals surface area contributed by atoms with Gasteiger partial charge in [0.1, 0.15) is 5.54 Å². The molecule has 1 saturated carbocycles. The van der Waals surface area contributed by atoms with Gasteiger partial charge in [-0.05, 0) is 19.8 Å². The summed E-state index contributed by atoms with van der Waals surface area (Å²) in [5.74, 6) is -0.934. The van der Waals surface area contributed by atoms with Gasteiger partial charge in [0, 0.05) is 14.1 Å². The summed E-state index contributed by atoms with van der Waals surface area (Å²) in [6.45, 7) is 1.71. The first-order valence-corrected chi connectivity index (χ1v) is 5.61. The van der Waals surface area contributed by atoms with Gasteiger partial charge in [0.25, 0.3) is 0 Å². The molecule has 5 nitrogen and oxygen atoms in total. The largest absolute Gasteiger partial charge is 0.480 e. The van der Waals surface area contributed by atoms with E-state index in [1.165, 1.54) is 4.90 Å². The number of carboxylic acid groups (broad SMARTS) is 1. The Labute approximate surface area is 95.8 Å². The third kappa shape index (κ3) is 2.52. The molecule has 1 atom stereocenters. The average Bonchev–Trinajstić information content (AvgIpc) is 2.66. The molecule has 0 spiro atoms. The zero-order valence-corrected chi connectivity index (χ0v) is 10.1. The van der Waals surface area contributed by atoms with Gasteiger partial charge >= 0.3 is 5.97 Å². The Morgan fingerprint density at radius 2 is 1.81 bits per heavy atom. The number of likely N-dealkylation sites (N-methyl/N-ethyl adjacent to an activating group) is 1. The first-order valence-electron chi connectivity index (χ1n) is 5.61. The van der Waals surface area contributed by atoms with Gasteiger partial charge in [0.05, 0.1) is 6.04 Å². The Morgan fingerprint density at radius 1 is 1.31 bits per heavy atom. The van der Waals surface area contributed by atoms with Gasteiger partial charge in [-0.2, -0.15) is 0 Å². The standard InChI is InChI=1S/C11H20N2O3/c1-8(9(14)13(2)3)12-11(10(15)16)6-4-5-7-11/h8,12H,4-7H2,1-3H3,(H,15,16). The molecular weight excluding hydrogens is 208 g/mol. The summed E-state index contributed by atoms with van der Waals surface area (Å²) in [5.41, 5.74) is -0.898. The van der Waals surface area contributed by atoms with Crippen LogP contribution in [0.2, 0.25) is 0 Å². The van der Waals surface area contributed by atoms with Crippen molar-refractivity contribution in [1.82, 2.24) is 10.2 Å². The maximum absolute atomic E-state index is 11.7. The number of hydrogen-bond acceptors (Lipinski definition) is 3. The predicted molar refractivity (Wildman–Crippen MR) is 60.1 cm³/mol. The molecular formula is C11H20N2O3. The SMILES string of the molecule is CC(NC1(C(=O)O)CCCC1)C(=O)N(C)C. The molecule has 16 heavy (non-hydrogen) atoms. The lowest BCUT2D eigenvalue weighted by Crippen LogP contribution is -2.57. The van der Waals surface area contributed by atoms with Crippen molar-refractivity contribution in [1.29, 1.82) is 0 Å². The van der Waals surface area contributed by atoms with Gasteiger partial charge in [-0.1, -0.05) is 12.8 Å². The van der Waals surface area contributed by atoms with Crippen LogP contribution in [0, 0.1) is 0 Å². The monoisotopic (exact) mass is 228 g/mol. The number of rotatable bonds is 4. The summed E-state index contributed by atoms with van der Waals surface area (Å²) in [6, 6.07) is -0.454. The van der Waals surface area contributed by atoms with E-state index in [2.05, 4.69) is 5.32 Å². The fraction of sp³-hybridized carbons (Fsp3) is 0.818. The lowest BCUT2D eigenvalue weighted by Gasteiger charge is -2.30. The number of nitrogens with one attached hydrogen (secondary N) is 1. The van der Waals surface area contributed by atoms with Gasteiger partial charge < -0.3 is 10.0 Å². The first kappa shape index (κ1) is 13.0. The molecule has 1 rings (SSSR count). The predicted octanol–water partition coefficient (Wildman–Crippen LogP) is 0.450. The highest BCUT2D eigenvalue weighted by Gasteiger charge is 2.43. The summed E-state index contributed by atoms with van der Waals surface area (Å²) in [4.78, 5) is 24.4. The molecule has 1 aliphatic rings. The van der Waals surface area contributed by atoms with Crippen molar-refractivity contribution in [2.24, 2.45) is 0 Å². The summed E-state index contributed by atoms with van der Waals surface area (Å²) >= 11 is 0. The van der Waals surface area contributed by atoms with E-state index in [9.17, 15) is 14.7 Å². The van der Waals surface area contributed by atoms with Crippen LogP contribution in [0.5, 0.6) is 0 Å². The van der Waals surface area contributed by atoms with Crippen molar-refractivity contribution in [2.75, 3.05) is 14.1 Å². The van der Waals surface area contributed by atoms with Crippen molar-refractivity contribution in [2.45, 2.75) is 44.2 Å². The smallest absolute Gasteiger partial charge is 0.323 e. The molecule has 0 aromatic heterocycles. The molecule has 0 aliphatic heterocycles. The van der Waals surface area contributed by atoms with Crippen LogP contribution in [0.3, 0.4) is 0 Å². The Bertz CT molecular complexity index is 283. The number of carbonyl (C=O) groups excluding carboxylic acids is 1. The fourth-order valence-corrected chi connectivity index (χ4v) is 2.26. The highest BCUT2D eigenvalue weighted by molar-refractivity contribution is 5.84. The third-order valence-corrected chi connectivity index (χ3v) is 3.17. The molecule has 92 valence electrons. The van der Waals surface area contributed by atoms with Crippen LogP contribution in [0.25, 0.3) is 0 Å². The molecule has 2 N–H and O–H groups in total. The fourth-order valence-electron chi connectivity index (χ4n) is 2.26. The minimum absolute atomic E-state index is 0.0903. The van der Waals surface area contributed by atoms with Gasteiger partial charge in [0.2, 0.25) is 5.91 Å². The Kier molecular flexibility index (Phi) is 3.91. The van der Waals surface area contributed by atoms with Crippen LogP contribution in [0.15, 0.2) is 0 Å². The van der Waals surface area contributed by atoms with Crippen LogP contribution in [0.4, 0.5) is 0 Å². The van der Waals surface area contributed by atoms with Crippen LogP contribution in [-0.2, 0) is 9.59 Å². The zero-order valence-electron chi connectivity index (χ0n) is 10.1. The van der Waals surface area contributed by atoms with Crippen molar-refractivity contribution in [3.8, 4) is 0 Å². The highest BCUT2D eigenvalue weighted by atomic mass is 16.4. The summed E-state index contributed by atoms with van der Waals surface area (Å²) in [7, 11) is 3.34. The van der Waals surface area contributed by atoms with Crippen LogP contribution < -0.4 is 5.32 Å². The van der Waals surface area contributed by atoms with E-state index in [0.717, 1.165) is 12.8 Å². The minimum atomic E-state index is -0.898. The van der Waals surface area contributed by atoms with Crippen LogP contribution >= 0.6 is 0 Å². The van der Waals surface area contributed by atoms with Crippen molar-refractivity contribution in [3.05, 3.63) is 0 Å². The van der Waals surface area contributed by atoms with Crippen LogP contribution in [-0.4, -0.2) is 47.6 Å². The highest BCUT2D eigenvalue weighted by Crippen LogP contribution is 2.30. The van der Waals surface area contributed by atoms with Gasteiger partial charge in [-0.3, -0.25) is 14.9 Å². The number of hydrogen-bond donors (Lipinski definition) is 2. The van der Waals surface area contributed by atoms with Gasteiger partial charge in [-0.15, -0.1) is 0 Å². The molecule has 0 aromatic rings. The van der Waals surface area contributed by atoms with E-state index < -0.39 is 17.6 Å². The normalized spacial score (nSPS) is 20.4. The Balaban J connectivity index is 2.70. The lowest BCUT2D eigenvalue weighted by molar-refractivity contribution is -0.145. The van der Waals surface area contributed by atoms with Crippen molar-refractivity contribution in [3.63, 3.8) is 0 Å². The van der Waals surface area contributed by atoms with E-state index in [1.54, 1.807) is 21.0 Å². The number of carbonyl (C=O) groups is 2. The maximum atomic E-state index is 11.7. The zero-order chi connectivity index (χ0) is 12.3. The second kappa shape index (κ2) is 4.82. The molecule has 1 aliphatic carbocycles. The third-order valence-electron chi connectivity index (χ3n) is 3.17. The lowest BCUT2D eigenvalue weighted by atomic mass is 9.96. The van der Waals surface area contributed by atoms with E-state index in [1.807, 2.05) is 0 Å². The molecule has 0 heterocycles. The minimum Gasteiger partial charge on any atom is -0.480 e. The number of carboxylic acids is 1. The summed E-state index contributed by atoms with van der Waals surface area (Å²) in [6.07, 6.45) is 3.02. The van der Waals surface area contributed by atoms with Crippen LogP contribution in [0.1, 0.15) is 32.6 Å². The summed E-state index contributed by atoms with van der Waals surface area (Å²) in [5, 5.41) is 12.2. The summed E-state index contributed by atoms with van der Waals surface area (Å²) < 4.78 is 0. The second-order valence-electron chi connectivity index (χ2n) is 4.69. The van der Waals surface area contributed by atoms with Gasteiger partial charge in [0.15, 0.2) is 0 Å². The Hall–Kier alpha value is -1.10. The Morgan fingerprint density at radius 3 is 2.19 bits per heavy atom. The number of nitrogens with zero attached hydrogens (tertiary/aromatic N) is 1. The molecule has 1 amide bonds. The molecule has 1 fully saturated rings. The van der Waals surface area contributed by atoms with E-state index >= 15 is 0 Å². The topological polar surface area (TPSA) is 69.6 Å². The molecule has 1 unspecified atom stereocenters. The number of amides is 1. The van der Waals surface area contributed by atoms with E-state index in [-0.39, 0.29) is 5.91 Å². The molecule has 0 bridgehead atoms. The van der Waals surface area contributed by atoms with Crippen molar-refractivity contribution >= 4 is 11.9 Å². The molecule has 0 aromatic carbocycles. The van der Waals surface area contributed by atoms with Gasteiger partial charge in [-0.25, -0.2) is 0 Å². The molecule has 0 saturated heterocycles. The quantitative estimate of drug-likeness (QED) is 0.733. The average molecular weight is 228 g/mol. The first-order chi connectivity index (χ1) is 7.39. The second-order valence-corrected chi connectivity index (χ2v) is 4.69. The number of aliphatic carboxylic acids is 1. The van der Waals surface area contributed by atoms with E-state index in [0.29, 0.717) is 12.8 Å². The molecule has 0 radical (unpaired) electrons. The maximum Gasteiger partial charge on any atom is 0.323 e. The van der Waals surface area contributed by atoms with Crippen molar-refractivity contribution < 1.29 is 14.7 Å². The molecule has 5 heteroatoms. The van der Waals surface area contributed by atoms with E-state index in [4.69, 9.17) is 0 Å².